The van der Waals surface area contributed by atoms with Crippen LogP contribution in [0.25, 0.3) is 22.6 Å². The lowest BCUT2D eigenvalue weighted by Gasteiger charge is -2.30. The first-order valence-corrected chi connectivity index (χ1v) is 7.94. The summed E-state index contributed by atoms with van der Waals surface area (Å²) in [4.78, 5) is 9.20. The zero-order valence-corrected chi connectivity index (χ0v) is 13.7. The van der Waals surface area contributed by atoms with E-state index in [2.05, 4.69) is 9.98 Å². The number of aromatic nitrogens is 1. The predicted octanol–water partition coefficient (Wildman–Crippen LogP) is 3.41. The topological polar surface area (TPSA) is 73.6 Å². The second-order valence-corrected chi connectivity index (χ2v) is 6.44. The molecule has 5 nitrogen and oxygen atoms in total. The zero-order chi connectivity index (χ0) is 16.7. The highest BCUT2D eigenvalue weighted by Gasteiger charge is 2.30. The monoisotopic (exact) mass is 321 g/mol. The van der Waals surface area contributed by atoms with Gasteiger partial charge < -0.3 is 14.9 Å². The molecule has 1 aromatic heterocycles. The smallest absolute Gasteiger partial charge is 0.227 e. The molecule has 0 fully saturated rings. The van der Waals surface area contributed by atoms with Crippen LogP contribution in [0.5, 0.6) is 0 Å². The van der Waals surface area contributed by atoms with Crippen molar-refractivity contribution in [2.24, 2.45) is 10.7 Å². The molecule has 2 N–H and O–H groups in total. The Balaban J connectivity index is 1.78. The van der Waals surface area contributed by atoms with Crippen LogP contribution in [0, 0.1) is 6.92 Å². The first kappa shape index (κ1) is 14.9. The number of benzene rings is 2. The van der Waals surface area contributed by atoms with Gasteiger partial charge in [-0.15, -0.1) is 0 Å². The Hall–Kier alpha value is -2.66. The van der Waals surface area contributed by atoms with E-state index in [0.29, 0.717) is 24.9 Å². The van der Waals surface area contributed by atoms with Crippen LogP contribution in [0.2, 0.25) is 0 Å². The number of ether oxygens (including phenoxy) is 1. The molecule has 0 saturated heterocycles. The molecule has 0 radical (unpaired) electrons. The second-order valence-electron chi connectivity index (χ2n) is 6.44. The van der Waals surface area contributed by atoms with E-state index < -0.39 is 5.54 Å². The zero-order valence-electron chi connectivity index (χ0n) is 13.7. The van der Waals surface area contributed by atoms with E-state index in [1.54, 1.807) is 0 Å². The van der Waals surface area contributed by atoms with Gasteiger partial charge in [-0.3, -0.25) is 4.99 Å². The van der Waals surface area contributed by atoms with Crippen molar-refractivity contribution in [3.8, 4) is 11.5 Å². The third-order valence-corrected chi connectivity index (χ3v) is 4.30. The molecular formula is C19H19N3O2. The highest BCUT2D eigenvalue weighted by atomic mass is 16.5. The molecule has 0 spiro atoms. The molecule has 2 aromatic carbocycles. The molecule has 0 aliphatic carbocycles. The Labute approximate surface area is 140 Å². The molecule has 1 aliphatic rings. The van der Waals surface area contributed by atoms with Gasteiger partial charge in [0.1, 0.15) is 23.5 Å². The lowest BCUT2D eigenvalue weighted by Crippen LogP contribution is -2.37. The summed E-state index contributed by atoms with van der Waals surface area (Å²) in [6.45, 7) is 4.96. The number of amidine groups is 1. The average Bonchev–Trinajstić information content (AvgIpc) is 2.98. The molecule has 5 heteroatoms. The van der Waals surface area contributed by atoms with Crippen LogP contribution in [0.3, 0.4) is 0 Å². The van der Waals surface area contributed by atoms with Crippen molar-refractivity contribution in [2.45, 2.75) is 19.4 Å². The van der Waals surface area contributed by atoms with Gasteiger partial charge in [0.2, 0.25) is 5.89 Å². The fourth-order valence-electron chi connectivity index (χ4n) is 3.03. The van der Waals surface area contributed by atoms with Crippen LogP contribution in [-0.4, -0.2) is 24.0 Å². The van der Waals surface area contributed by atoms with Gasteiger partial charge in [-0.25, -0.2) is 4.98 Å². The molecule has 2 heterocycles. The maximum Gasteiger partial charge on any atom is 0.227 e. The molecule has 1 aliphatic heterocycles. The SMILES string of the molecule is Cc1ccc2oc(-c3cccc(C4(C)COCC(N)=N4)c3)nc2c1. The summed E-state index contributed by atoms with van der Waals surface area (Å²) in [5.41, 5.74) is 10.1. The van der Waals surface area contributed by atoms with Gasteiger partial charge in [-0.05, 0) is 49.2 Å². The Kier molecular flexibility index (Phi) is 3.39. The number of rotatable bonds is 2. The molecule has 122 valence electrons. The van der Waals surface area contributed by atoms with E-state index in [0.717, 1.165) is 27.8 Å². The molecule has 1 unspecified atom stereocenters. The summed E-state index contributed by atoms with van der Waals surface area (Å²) in [6, 6.07) is 14.0. The summed E-state index contributed by atoms with van der Waals surface area (Å²) in [6.07, 6.45) is 0. The van der Waals surface area contributed by atoms with E-state index >= 15 is 0 Å². The first-order chi connectivity index (χ1) is 11.5. The summed E-state index contributed by atoms with van der Waals surface area (Å²) in [5.74, 6) is 1.13. The van der Waals surface area contributed by atoms with Crippen LogP contribution < -0.4 is 5.73 Å². The number of fused-ring (bicyclic) bond motifs is 1. The minimum Gasteiger partial charge on any atom is -0.436 e. The minimum atomic E-state index is -0.485. The number of nitrogens with zero attached hydrogens (tertiary/aromatic N) is 2. The minimum absolute atomic E-state index is 0.389. The molecule has 4 rings (SSSR count). The van der Waals surface area contributed by atoms with Gasteiger partial charge in [-0.1, -0.05) is 18.2 Å². The molecule has 3 aromatic rings. The van der Waals surface area contributed by atoms with Gasteiger partial charge in [0.05, 0.1) is 6.61 Å². The Morgan fingerprint density at radius 2 is 2.04 bits per heavy atom. The number of oxazole rings is 1. The molecule has 1 atom stereocenters. The van der Waals surface area contributed by atoms with Crippen molar-refractivity contribution in [1.29, 1.82) is 0 Å². The highest BCUT2D eigenvalue weighted by molar-refractivity contribution is 5.82. The van der Waals surface area contributed by atoms with Gasteiger partial charge in [0.25, 0.3) is 0 Å². The quantitative estimate of drug-likeness (QED) is 0.785. The van der Waals surface area contributed by atoms with E-state index in [1.165, 1.54) is 0 Å². The lowest BCUT2D eigenvalue weighted by atomic mass is 9.91. The number of hydrogen-bond acceptors (Lipinski definition) is 5. The molecule has 0 amide bonds. The largest absolute Gasteiger partial charge is 0.436 e. The van der Waals surface area contributed by atoms with Gasteiger partial charge in [0, 0.05) is 5.56 Å². The Bertz CT molecular complexity index is 945. The average molecular weight is 321 g/mol. The maximum atomic E-state index is 5.90. The standard InChI is InChI=1S/C19H19N3O2/c1-12-6-7-16-15(8-12)21-18(24-16)13-4-3-5-14(9-13)19(2)11-23-10-17(20)22-19/h3-9H,10-11H2,1-2H3,(H2,20,22). The Morgan fingerprint density at radius 3 is 2.88 bits per heavy atom. The Morgan fingerprint density at radius 1 is 1.17 bits per heavy atom. The number of hydrogen-bond donors (Lipinski definition) is 1. The van der Waals surface area contributed by atoms with Crippen molar-refractivity contribution >= 4 is 16.9 Å². The van der Waals surface area contributed by atoms with Crippen LogP contribution in [0.15, 0.2) is 51.9 Å². The number of aliphatic imine (C=N–C) groups is 1. The third-order valence-electron chi connectivity index (χ3n) is 4.30. The van der Waals surface area contributed by atoms with Crippen LogP contribution in [-0.2, 0) is 10.3 Å². The van der Waals surface area contributed by atoms with E-state index in [9.17, 15) is 0 Å². The van der Waals surface area contributed by atoms with Crippen LogP contribution >= 0.6 is 0 Å². The van der Waals surface area contributed by atoms with Crippen molar-refractivity contribution in [2.75, 3.05) is 13.2 Å². The molecule has 24 heavy (non-hydrogen) atoms. The van der Waals surface area contributed by atoms with E-state index in [1.807, 2.05) is 56.3 Å². The third kappa shape index (κ3) is 2.57. The summed E-state index contributed by atoms with van der Waals surface area (Å²) in [7, 11) is 0. The molecular weight excluding hydrogens is 302 g/mol. The van der Waals surface area contributed by atoms with Crippen LogP contribution in [0.1, 0.15) is 18.1 Å². The summed E-state index contributed by atoms with van der Waals surface area (Å²) >= 11 is 0. The summed E-state index contributed by atoms with van der Waals surface area (Å²) < 4.78 is 11.5. The number of nitrogens with two attached hydrogens (primary N) is 1. The normalized spacial score (nSPS) is 21.0. The lowest BCUT2D eigenvalue weighted by molar-refractivity contribution is 0.106. The highest BCUT2D eigenvalue weighted by Crippen LogP contribution is 2.32. The fraction of sp³-hybridized carbons (Fsp3) is 0.263. The van der Waals surface area contributed by atoms with E-state index in [4.69, 9.17) is 14.9 Å². The van der Waals surface area contributed by atoms with E-state index in [-0.39, 0.29) is 0 Å². The second kappa shape index (κ2) is 5.46. The van der Waals surface area contributed by atoms with Crippen molar-refractivity contribution in [1.82, 2.24) is 4.98 Å². The van der Waals surface area contributed by atoms with Crippen LogP contribution in [0.4, 0.5) is 0 Å². The molecule has 0 saturated carbocycles. The van der Waals surface area contributed by atoms with Gasteiger partial charge in [0.15, 0.2) is 5.58 Å². The van der Waals surface area contributed by atoms with Crippen molar-refractivity contribution in [3.63, 3.8) is 0 Å². The van der Waals surface area contributed by atoms with Gasteiger partial charge >= 0.3 is 0 Å². The van der Waals surface area contributed by atoms with Crippen molar-refractivity contribution < 1.29 is 9.15 Å². The maximum absolute atomic E-state index is 5.90. The number of aryl methyl sites for hydroxylation is 1. The molecule has 0 bridgehead atoms. The summed E-state index contributed by atoms with van der Waals surface area (Å²) in [5, 5.41) is 0. The predicted molar refractivity (Wildman–Crippen MR) is 94.0 cm³/mol. The first-order valence-electron chi connectivity index (χ1n) is 7.94. The van der Waals surface area contributed by atoms with Gasteiger partial charge in [-0.2, -0.15) is 0 Å². The fourth-order valence-corrected chi connectivity index (χ4v) is 3.03. The van der Waals surface area contributed by atoms with Crippen molar-refractivity contribution in [3.05, 3.63) is 53.6 Å².